The van der Waals surface area contributed by atoms with Gasteiger partial charge in [-0.25, -0.2) is 0 Å². The minimum atomic E-state index is 0.651. The van der Waals surface area contributed by atoms with E-state index in [2.05, 4.69) is 50.6 Å². The third-order valence-electron chi connectivity index (χ3n) is 3.39. The summed E-state index contributed by atoms with van der Waals surface area (Å²) in [6.45, 7) is 9.43. The molecule has 2 rings (SSSR count). The Labute approximate surface area is 92.4 Å². The van der Waals surface area contributed by atoms with E-state index in [1.165, 1.54) is 16.7 Å². The Bertz CT molecular complexity index is 392. The molecule has 0 saturated heterocycles. The van der Waals surface area contributed by atoms with Crippen molar-refractivity contribution in [1.82, 2.24) is 4.90 Å². The number of nitrogens with zero attached hydrogens (tertiary/aromatic N) is 1. The summed E-state index contributed by atoms with van der Waals surface area (Å²) >= 11 is 0. The molecular formula is C14H19N. The van der Waals surface area contributed by atoms with Crippen molar-refractivity contribution in [3.8, 4) is 0 Å². The molecule has 15 heavy (non-hydrogen) atoms. The molecule has 0 aliphatic carbocycles. The van der Waals surface area contributed by atoms with Gasteiger partial charge >= 0.3 is 0 Å². The largest absolute Gasteiger partial charge is 0.299 e. The molecule has 0 bridgehead atoms. The van der Waals surface area contributed by atoms with Crippen LogP contribution in [0, 0.1) is 0 Å². The molecule has 1 aliphatic rings. The lowest BCUT2D eigenvalue weighted by Crippen LogP contribution is -2.34. The first-order valence-electron chi connectivity index (χ1n) is 5.56. The number of hydrogen-bond acceptors (Lipinski definition) is 1. The number of benzene rings is 1. The van der Waals surface area contributed by atoms with Crippen molar-refractivity contribution < 1.29 is 0 Å². The van der Waals surface area contributed by atoms with Crippen molar-refractivity contribution in [2.45, 2.75) is 32.9 Å². The highest BCUT2D eigenvalue weighted by Crippen LogP contribution is 2.25. The Kier molecular flexibility index (Phi) is 2.66. The van der Waals surface area contributed by atoms with Crippen molar-refractivity contribution in [2.75, 3.05) is 7.05 Å². The zero-order valence-electron chi connectivity index (χ0n) is 9.88. The lowest BCUT2D eigenvalue weighted by molar-refractivity contribution is 0.231. The van der Waals surface area contributed by atoms with E-state index in [1.807, 2.05) is 0 Å². The van der Waals surface area contributed by atoms with Gasteiger partial charge in [0.05, 0.1) is 0 Å². The second kappa shape index (κ2) is 3.82. The molecule has 1 heteroatoms. The van der Waals surface area contributed by atoms with E-state index in [0.717, 1.165) is 18.5 Å². The molecular weight excluding hydrogens is 182 g/mol. The zero-order chi connectivity index (χ0) is 11.0. The molecule has 0 N–H and O–H groups in total. The quantitative estimate of drug-likeness (QED) is 0.675. The molecule has 1 aliphatic heterocycles. The van der Waals surface area contributed by atoms with Gasteiger partial charge in [-0.3, -0.25) is 4.90 Å². The van der Waals surface area contributed by atoms with Crippen LogP contribution in [-0.4, -0.2) is 18.0 Å². The summed E-state index contributed by atoms with van der Waals surface area (Å²) in [7, 11) is 2.19. The fourth-order valence-electron chi connectivity index (χ4n) is 2.13. The molecule has 0 aromatic heterocycles. The number of fused-ring (bicyclic) bond motifs is 1. The van der Waals surface area contributed by atoms with Crippen LogP contribution in [0.5, 0.6) is 0 Å². The smallest absolute Gasteiger partial charge is 0.0236 e. The van der Waals surface area contributed by atoms with E-state index in [-0.39, 0.29) is 0 Å². The number of likely N-dealkylation sites (N-methyl/N-ethyl adjacent to an activating group) is 1. The molecule has 1 nitrogen and oxygen atoms in total. The highest BCUT2D eigenvalue weighted by Gasteiger charge is 2.19. The maximum Gasteiger partial charge on any atom is 0.0236 e. The van der Waals surface area contributed by atoms with Gasteiger partial charge in [-0.1, -0.05) is 30.4 Å². The Hall–Kier alpha value is -1.08. The van der Waals surface area contributed by atoms with Crippen LogP contribution in [0.4, 0.5) is 0 Å². The number of hydrogen-bond donors (Lipinski definition) is 0. The Morgan fingerprint density at radius 2 is 2.13 bits per heavy atom. The highest BCUT2D eigenvalue weighted by atomic mass is 15.1. The molecule has 1 aromatic rings. The molecule has 0 radical (unpaired) electrons. The summed E-state index contributed by atoms with van der Waals surface area (Å²) in [6, 6.07) is 7.39. The van der Waals surface area contributed by atoms with Crippen LogP contribution in [0.25, 0.3) is 5.57 Å². The van der Waals surface area contributed by atoms with Crippen molar-refractivity contribution in [2.24, 2.45) is 0 Å². The lowest BCUT2D eigenvalue weighted by Gasteiger charge is -2.31. The van der Waals surface area contributed by atoms with Crippen LogP contribution >= 0.6 is 0 Å². The molecule has 1 atom stereocenters. The minimum absolute atomic E-state index is 0.651. The van der Waals surface area contributed by atoms with Gasteiger partial charge < -0.3 is 0 Å². The van der Waals surface area contributed by atoms with Gasteiger partial charge in [-0.15, -0.1) is 0 Å². The van der Waals surface area contributed by atoms with E-state index >= 15 is 0 Å². The molecule has 0 spiro atoms. The first kappa shape index (κ1) is 10.4. The Morgan fingerprint density at radius 1 is 1.40 bits per heavy atom. The Morgan fingerprint density at radius 3 is 2.80 bits per heavy atom. The minimum Gasteiger partial charge on any atom is -0.299 e. The normalized spacial score (nSPS) is 21.1. The average Bonchev–Trinajstić information content (AvgIpc) is 2.19. The summed E-state index contributed by atoms with van der Waals surface area (Å²) < 4.78 is 0. The van der Waals surface area contributed by atoms with Gasteiger partial charge in [-0.05, 0) is 44.0 Å². The summed E-state index contributed by atoms with van der Waals surface area (Å²) in [4.78, 5) is 2.41. The maximum absolute atomic E-state index is 4.00. The molecule has 1 heterocycles. The van der Waals surface area contributed by atoms with Crippen LogP contribution in [-0.2, 0) is 13.0 Å². The summed E-state index contributed by atoms with van der Waals surface area (Å²) in [6.07, 6.45) is 1.16. The first-order valence-corrected chi connectivity index (χ1v) is 5.56. The van der Waals surface area contributed by atoms with Gasteiger partial charge in [0.25, 0.3) is 0 Å². The van der Waals surface area contributed by atoms with Crippen LogP contribution < -0.4 is 0 Å². The third-order valence-corrected chi connectivity index (χ3v) is 3.39. The Balaban J connectivity index is 2.37. The van der Waals surface area contributed by atoms with E-state index in [9.17, 15) is 0 Å². The molecule has 0 fully saturated rings. The first-order chi connectivity index (χ1) is 7.08. The van der Waals surface area contributed by atoms with Crippen LogP contribution in [0.15, 0.2) is 24.8 Å². The molecule has 0 saturated carbocycles. The van der Waals surface area contributed by atoms with Gasteiger partial charge in [0.2, 0.25) is 0 Å². The second-order valence-electron chi connectivity index (χ2n) is 4.73. The van der Waals surface area contributed by atoms with E-state index < -0.39 is 0 Å². The van der Waals surface area contributed by atoms with E-state index in [0.29, 0.717) is 6.04 Å². The second-order valence-corrected chi connectivity index (χ2v) is 4.73. The summed E-state index contributed by atoms with van der Waals surface area (Å²) in [5.41, 5.74) is 5.41. The molecule has 80 valence electrons. The molecule has 1 unspecified atom stereocenters. The molecule has 1 aromatic carbocycles. The molecule has 0 amide bonds. The predicted molar refractivity (Wildman–Crippen MR) is 65.8 cm³/mol. The standard InChI is InChI=1S/C14H19N/c1-10(2)12-5-6-13-9-15(4)11(3)7-14(13)8-12/h5-6,8,11H,1,7,9H2,2-4H3. The zero-order valence-corrected chi connectivity index (χ0v) is 9.88. The lowest BCUT2D eigenvalue weighted by atomic mass is 9.92. The monoisotopic (exact) mass is 201 g/mol. The fourth-order valence-corrected chi connectivity index (χ4v) is 2.13. The van der Waals surface area contributed by atoms with Crippen molar-refractivity contribution in [3.63, 3.8) is 0 Å². The van der Waals surface area contributed by atoms with Crippen LogP contribution in [0.3, 0.4) is 0 Å². The average molecular weight is 201 g/mol. The SMILES string of the molecule is C=C(C)c1ccc2c(c1)CC(C)N(C)C2. The van der Waals surface area contributed by atoms with E-state index in [4.69, 9.17) is 0 Å². The number of allylic oxidation sites excluding steroid dienone is 1. The van der Waals surface area contributed by atoms with Crippen molar-refractivity contribution in [1.29, 1.82) is 0 Å². The van der Waals surface area contributed by atoms with Gasteiger partial charge in [0.1, 0.15) is 0 Å². The number of rotatable bonds is 1. The third kappa shape index (κ3) is 1.98. The van der Waals surface area contributed by atoms with Gasteiger partial charge in [0, 0.05) is 12.6 Å². The summed E-state index contributed by atoms with van der Waals surface area (Å²) in [5.74, 6) is 0. The van der Waals surface area contributed by atoms with Crippen molar-refractivity contribution >= 4 is 5.57 Å². The summed E-state index contributed by atoms with van der Waals surface area (Å²) in [5, 5.41) is 0. The predicted octanol–water partition coefficient (Wildman–Crippen LogP) is 3.10. The topological polar surface area (TPSA) is 3.24 Å². The fraction of sp³-hybridized carbons (Fsp3) is 0.429. The van der Waals surface area contributed by atoms with Crippen LogP contribution in [0.2, 0.25) is 0 Å². The van der Waals surface area contributed by atoms with Crippen LogP contribution in [0.1, 0.15) is 30.5 Å². The van der Waals surface area contributed by atoms with Gasteiger partial charge in [0.15, 0.2) is 0 Å². The highest BCUT2D eigenvalue weighted by molar-refractivity contribution is 5.62. The maximum atomic E-state index is 4.00. The van der Waals surface area contributed by atoms with E-state index in [1.54, 1.807) is 0 Å². The van der Waals surface area contributed by atoms with Gasteiger partial charge in [-0.2, -0.15) is 0 Å². The van der Waals surface area contributed by atoms with Crippen molar-refractivity contribution in [3.05, 3.63) is 41.5 Å².